The third kappa shape index (κ3) is 3.83. The largest absolute Gasteiger partial charge is 0.396 e. The molecule has 0 heterocycles. The van der Waals surface area contributed by atoms with Crippen molar-refractivity contribution in [2.75, 3.05) is 11.3 Å². The summed E-state index contributed by atoms with van der Waals surface area (Å²) in [6, 6.07) is 12.1. The first-order valence-electron chi connectivity index (χ1n) is 6.72. The van der Waals surface area contributed by atoms with Gasteiger partial charge in [0.1, 0.15) is 0 Å². The number of hydrogen-bond donors (Lipinski definition) is 2. The number of anilines is 1. The van der Waals surface area contributed by atoms with Crippen LogP contribution < -0.4 is 4.72 Å². The van der Waals surface area contributed by atoms with Crippen LogP contribution in [0.2, 0.25) is 0 Å². The molecule has 2 aromatic carbocycles. The summed E-state index contributed by atoms with van der Waals surface area (Å²) in [6.07, 6.45) is 0.560. The van der Waals surface area contributed by atoms with E-state index in [1.165, 1.54) is 0 Å². The van der Waals surface area contributed by atoms with E-state index >= 15 is 0 Å². The maximum atomic E-state index is 12.3. The summed E-state index contributed by atoms with van der Waals surface area (Å²) >= 11 is 0. The number of nitrogens with one attached hydrogen (secondary N) is 1. The molecule has 5 heteroatoms. The number of hydrogen-bond acceptors (Lipinski definition) is 3. The summed E-state index contributed by atoms with van der Waals surface area (Å²) in [5, 5.41) is 8.86. The molecule has 0 unspecified atom stereocenters. The molecule has 0 aliphatic rings. The lowest BCUT2D eigenvalue weighted by molar-refractivity contribution is 0.299. The molecule has 0 saturated carbocycles. The lowest BCUT2D eigenvalue weighted by Crippen LogP contribution is -2.13. The monoisotopic (exact) mass is 305 g/mol. The first-order valence-corrected chi connectivity index (χ1v) is 8.20. The van der Waals surface area contributed by atoms with Gasteiger partial charge in [0.25, 0.3) is 10.0 Å². The topological polar surface area (TPSA) is 66.4 Å². The van der Waals surface area contributed by atoms with Crippen LogP contribution in [0, 0.1) is 13.8 Å². The summed E-state index contributed by atoms with van der Waals surface area (Å²) in [5.74, 6) is 0. The zero-order valence-corrected chi connectivity index (χ0v) is 12.9. The second-order valence-corrected chi connectivity index (χ2v) is 6.70. The van der Waals surface area contributed by atoms with Gasteiger partial charge in [-0.2, -0.15) is 0 Å². The zero-order chi connectivity index (χ0) is 15.5. The molecule has 2 N–H and O–H groups in total. The highest BCUT2D eigenvalue weighted by molar-refractivity contribution is 7.92. The van der Waals surface area contributed by atoms with E-state index in [-0.39, 0.29) is 11.5 Å². The molecule has 0 radical (unpaired) electrons. The molecule has 0 bridgehead atoms. The van der Waals surface area contributed by atoms with Crippen LogP contribution in [-0.2, 0) is 16.4 Å². The Bertz CT molecular complexity index is 722. The minimum absolute atomic E-state index is 0.0771. The number of aliphatic hydroxyl groups is 1. The van der Waals surface area contributed by atoms with Crippen molar-refractivity contribution in [3.63, 3.8) is 0 Å². The van der Waals surface area contributed by atoms with Gasteiger partial charge in [-0.1, -0.05) is 18.2 Å². The Morgan fingerprint density at radius 3 is 2.24 bits per heavy atom. The van der Waals surface area contributed by atoms with Crippen LogP contribution in [0.4, 0.5) is 5.69 Å². The highest BCUT2D eigenvalue weighted by Gasteiger charge is 2.14. The smallest absolute Gasteiger partial charge is 0.261 e. The fourth-order valence-corrected chi connectivity index (χ4v) is 3.11. The van der Waals surface area contributed by atoms with Crippen molar-refractivity contribution in [1.29, 1.82) is 0 Å². The van der Waals surface area contributed by atoms with Crippen molar-refractivity contribution >= 4 is 15.7 Å². The predicted octanol–water partition coefficient (Wildman–Crippen LogP) is 2.64. The van der Waals surface area contributed by atoms with E-state index in [0.29, 0.717) is 12.1 Å². The van der Waals surface area contributed by atoms with Gasteiger partial charge in [-0.25, -0.2) is 8.42 Å². The summed E-state index contributed by atoms with van der Waals surface area (Å²) in [5.41, 5.74) is 3.47. The first kappa shape index (κ1) is 15.5. The number of benzene rings is 2. The molecule has 0 saturated heterocycles. The number of aliphatic hydroxyl groups excluding tert-OH is 1. The first-order chi connectivity index (χ1) is 9.92. The van der Waals surface area contributed by atoms with Crippen molar-refractivity contribution in [2.45, 2.75) is 25.2 Å². The van der Waals surface area contributed by atoms with Crippen molar-refractivity contribution in [2.24, 2.45) is 0 Å². The van der Waals surface area contributed by atoms with Crippen molar-refractivity contribution in [3.8, 4) is 0 Å². The van der Waals surface area contributed by atoms with Crippen LogP contribution in [0.3, 0.4) is 0 Å². The van der Waals surface area contributed by atoms with Crippen LogP contribution in [0.5, 0.6) is 0 Å². The minimum atomic E-state index is -3.58. The van der Waals surface area contributed by atoms with Crippen LogP contribution in [-0.4, -0.2) is 20.1 Å². The zero-order valence-electron chi connectivity index (χ0n) is 12.1. The maximum Gasteiger partial charge on any atom is 0.261 e. The second kappa shape index (κ2) is 6.28. The molecule has 0 aliphatic heterocycles. The van der Waals surface area contributed by atoms with Gasteiger partial charge in [-0.3, -0.25) is 4.72 Å². The highest BCUT2D eigenvalue weighted by Crippen LogP contribution is 2.19. The molecule has 2 aromatic rings. The van der Waals surface area contributed by atoms with E-state index in [2.05, 4.69) is 4.72 Å². The quantitative estimate of drug-likeness (QED) is 0.892. The third-order valence-electron chi connectivity index (χ3n) is 3.40. The average Bonchev–Trinajstić information content (AvgIpc) is 2.44. The van der Waals surface area contributed by atoms with Gasteiger partial charge in [0.15, 0.2) is 0 Å². The molecule has 0 fully saturated rings. The number of sulfonamides is 1. The van der Waals surface area contributed by atoms with E-state index in [0.717, 1.165) is 16.7 Å². The summed E-state index contributed by atoms with van der Waals surface area (Å²) < 4.78 is 27.2. The van der Waals surface area contributed by atoms with Gasteiger partial charge in [0.2, 0.25) is 0 Å². The Morgan fingerprint density at radius 1 is 1.00 bits per heavy atom. The predicted molar refractivity (Wildman–Crippen MR) is 84.0 cm³/mol. The van der Waals surface area contributed by atoms with Crippen molar-refractivity contribution in [1.82, 2.24) is 0 Å². The maximum absolute atomic E-state index is 12.3. The van der Waals surface area contributed by atoms with E-state index in [4.69, 9.17) is 5.11 Å². The Morgan fingerprint density at radius 2 is 1.67 bits per heavy atom. The standard InChI is InChI=1S/C16H19NO3S/c1-12-3-8-16(11-13(12)2)21(19,20)17-15-6-4-14(5-7-15)9-10-18/h3-8,11,17-18H,9-10H2,1-2H3. The van der Waals surface area contributed by atoms with Gasteiger partial charge in [0, 0.05) is 12.3 Å². The molecule has 4 nitrogen and oxygen atoms in total. The molecule has 2 rings (SSSR count). The van der Waals surface area contributed by atoms with Gasteiger partial charge in [0.05, 0.1) is 4.90 Å². The van der Waals surface area contributed by atoms with Crippen LogP contribution in [0.1, 0.15) is 16.7 Å². The number of rotatable bonds is 5. The fraction of sp³-hybridized carbons (Fsp3) is 0.250. The van der Waals surface area contributed by atoms with E-state index in [1.807, 2.05) is 13.8 Å². The van der Waals surface area contributed by atoms with Crippen molar-refractivity contribution < 1.29 is 13.5 Å². The lowest BCUT2D eigenvalue weighted by atomic mass is 10.1. The Kier molecular flexibility index (Phi) is 4.65. The normalized spacial score (nSPS) is 11.4. The van der Waals surface area contributed by atoms with Crippen LogP contribution in [0.25, 0.3) is 0 Å². The fourth-order valence-electron chi connectivity index (χ4n) is 1.96. The van der Waals surface area contributed by atoms with E-state index < -0.39 is 10.0 Å². The SMILES string of the molecule is Cc1ccc(S(=O)(=O)Nc2ccc(CCO)cc2)cc1C. The molecule has 0 aliphatic carbocycles. The van der Waals surface area contributed by atoms with Gasteiger partial charge >= 0.3 is 0 Å². The molecule has 0 aromatic heterocycles. The van der Waals surface area contributed by atoms with Crippen LogP contribution in [0.15, 0.2) is 47.4 Å². The minimum Gasteiger partial charge on any atom is -0.396 e. The molecule has 0 atom stereocenters. The Hall–Kier alpha value is -1.85. The van der Waals surface area contributed by atoms with Crippen LogP contribution >= 0.6 is 0 Å². The van der Waals surface area contributed by atoms with E-state index in [9.17, 15) is 8.42 Å². The Balaban J connectivity index is 2.22. The summed E-state index contributed by atoms with van der Waals surface area (Å²) in [4.78, 5) is 0.255. The summed E-state index contributed by atoms with van der Waals surface area (Å²) in [6.45, 7) is 3.91. The van der Waals surface area contributed by atoms with Gasteiger partial charge in [-0.05, 0) is 61.2 Å². The second-order valence-electron chi connectivity index (χ2n) is 5.02. The highest BCUT2D eigenvalue weighted by atomic mass is 32.2. The third-order valence-corrected chi connectivity index (χ3v) is 4.77. The van der Waals surface area contributed by atoms with Gasteiger partial charge < -0.3 is 5.11 Å². The average molecular weight is 305 g/mol. The van der Waals surface area contributed by atoms with Crippen molar-refractivity contribution in [3.05, 3.63) is 59.2 Å². The lowest BCUT2D eigenvalue weighted by Gasteiger charge is -2.10. The Labute approximate surface area is 125 Å². The molecular weight excluding hydrogens is 286 g/mol. The number of aryl methyl sites for hydroxylation is 2. The molecule has 0 spiro atoms. The van der Waals surface area contributed by atoms with E-state index in [1.54, 1.807) is 42.5 Å². The molecule has 0 amide bonds. The molecule has 112 valence electrons. The molecule has 21 heavy (non-hydrogen) atoms. The summed E-state index contributed by atoms with van der Waals surface area (Å²) in [7, 11) is -3.58. The van der Waals surface area contributed by atoms with Gasteiger partial charge in [-0.15, -0.1) is 0 Å². The molecular formula is C16H19NO3S.